The van der Waals surface area contributed by atoms with Crippen molar-refractivity contribution in [2.75, 3.05) is 5.32 Å². The highest BCUT2D eigenvalue weighted by molar-refractivity contribution is 9.10. The molecule has 3 rings (SSSR count). The topological polar surface area (TPSA) is 66.4 Å². The van der Waals surface area contributed by atoms with Crippen molar-refractivity contribution in [2.24, 2.45) is 0 Å². The van der Waals surface area contributed by atoms with Crippen LogP contribution < -0.4 is 5.32 Å². The van der Waals surface area contributed by atoms with Gasteiger partial charge in [0.15, 0.2) is 0 Å². The highest BCUT2D eigenvalue weighted by atomic mass is 79.9. The molecule has 1 aliphatic heterocycles. The van der Waals surface area contributed by atoms with Crippen molar-refractivity contribution in [1.29, 1.82) is 0 Å². The van der Waals surface area contributed by atoms with Crippen LogP contribution in [0.2, 0.25) is 0 Å². The number of fused-ring (bicyclic) bond motifs is 2. The van der Waals surface area contributed by atoms with Crippen molar-refractivity contribution in [3.8, 4) is 0 Å². The first kappa shape index (κ1) is 9.84. The second kappa shape index (κ2) is 2.85. The number of halogens is 1. The molecule has 1 aromatic carbocycles. The highest BCUT2D eigenvalue weighted by Crippen LogP contribution is 2.55. The molecule has 1 saturated carbocycles. The maximum atomic E-state index is 11.7. The van der Waals surface area contributed by atoms with Crippen LogP contribution in [0.1, 0.15) is 28.8 Å². The Hall–Kier alpha value is -1.36. The molecule has 1 aliphatic carbocycles. The minimum Gasteiger partial charge on any atom is -0.478 e. The summed E-state index contributed by atoms with van der Waals surface area (Å²) < 4.78 is 0.497. The Balaban J connectivity index is 2.22. The summed E-state index contributed by atoms with van der Waals surface area (Å²) in [5.41, 5.74) is 1.35. The fraction of sp³-hybridized carbons (Fsp3) is 0.273. The van der Waals surface area contributed by atoms with Gasteiger partial charge in [0, 0.05) is 10.2 Å². The van der Waals surface area contributed by atoms with Gasteiger partial charge in [0.25, 0.3) is 0 Å². The van der Waals surface area contributed by atoms with Crippen molar-refractivity contribution >= 4 is 33.5 Å². The molecule has 1 aromatic rings. The smallest absolute Gasteiger partial charge is 0.336 e. The number of carbonyl (C=O) groups excluding carboxylic acids is 1. The predicted octanol–water partition coefficient (Wildman–Crippen LogP) is 2.13. The summed E-state index contributed by atoms with van der Waals surface area (Å²) in [7, 11) is 0. The summed E-state index contributed by atoms with van der Waals surface area (Å²) in [5.74, 6) is -0.984. The number of anilines is 1. The van der Waals surface area contributed by atoms with Crippen LogP contribution in [0.5, 0.6) is 0 Å². The number of aromatic carboxylic acids is 1. The number of rotatable bonds is 1. The van der Waals surface area contributed by atoms with Crippen LogP contribution in [0.15, 0.2) is 16.6 Å². The van der Waals surface area contributed by atoms with Crippen LogP contribution in [0.3, 0.4) is 0 Å². The molecule has 2 aliphatic rings. The van der Waals surface area contributed by atoms with E-state index in [1.165, 1.54) is 0 Å². The Morgan fingerprint density at radius 2 is 2.12 bits per heavy atom. The second-order valence-electron chi connectivity index (χ2n) is 4.22. The Morgan fingerprint density at radius 3 is 2.69 bits per heavy atom. The first-order valence-electron chi connectivity index (χ1n) is 4.93. The standard InChI is InChI=1S/C11H8BrNO3/c12-7-4-8-6(3-5(7)9(14)15)11(1-2-11)10(16)13-8/h3-4H,1-2H2,(H,13,16)(H,14,15). The molecule has 0 bridgehead atoms. The molecule has 82 valence electrons. The van der Waals surface area contributed by atoms with E-state index >= 15 is 0 Å². The maximum absolute atomic E-state index is 11.7. The summed E-state index contributed by atoms with van der Waals surface area (Å²) in [4.78, 5) is 22.7. The third-order valence-electron chi connectivity index (χ3n) is 3.29. The van der Waals surface area contributed by atoms with E-state index in [1.54, 1.807) is 12.1 Å². The number of amides is 1. The molecule has 0 saturated heterocycles. The number of carboxylic acids is 1. The van der Waals surface area contributed by atoms with Gasteiger partial charge in [-0.05, 0) is 46.5 Å². The fourth-order valence-corrected chi connectivity index (χ4v) is 2.74. The molecule has 0 unspecified atom stereocenters. The lowest BCUT2D eigenvalue weighted by Gasteiger charge is -2.06. The number of benzene rings is 1. The van der Waals surface area contributed by atoms with E-state index in [1.807, 2.05) is 0 Å². The minimum atomic E-state index is -0.982. The average molecular weight is 282 g/mol. The van der Waals surface area contributed by atoms with Gasteiger partial charge in [0.2, 0.25) is 5.91 Å². The normalized spacial score (nSPS) is 19.4. The molecule has 1 fully saturated rings. The Morgan fingerprint density at radius 1 is 1.44 bits per heavy atom. The van der Waals surface area contributed by atoms with E-state index < -0.39 is 11.4 Å². The summed E-state index contributed by atoms with van der Waals surface area (Å²) in [5, 5.41) is 11.8. The molecule has 5 heteroatoms. The summed E-state index contributed by atoms with van der Waals surface area (Å²) in [6, 6.07) is 3.27. The molecular formula is C11H8BrNO3. The van der Waals surface area contributed by atoms with Crippen molar-refractivity contribution < 1.29 is 14.7 Å². The molecule has 0 aromatic heterocycles. The van der Waals surface area contributed by atoms with Gasteiger partial charge >= 0.3 is 5.97 Å². The lowest BCUT2D eigenvalue weighted by atomic mass is 9.96. The van der Waals surface area contributed by atoms with Crippen LogP contribution in [-0.2, 0) is 10.2 Å². The third-order valence-corrected chi connectivity index (χ3v) is 3.94. The van der Waals surface area contributed by atoms with Gasteiger partial charge in [0.1, 0.15) is 0 Å². The minimum absolute atomic E-state index is 0.00283. The van der Waals surface area contributed by atoms with E-state index in [9.17, 15) is 9.59 Å². The van der Waals surface area contributed by atoms with Crippen molar-refractivity contribution in [1.82, 2.24) is 0 Å². The summed E-state index contributed by atoms with van der Waals surface area (Å²) in [6.07, 6.45) is 1.62. The molecular weight excluding hydrogens is 274 g/mol. The monoisotopic (exact) mass is 281 g/mol. The largest absolute Gasteiger partial charge is 0.478 e. The zero-order valence-corrected chi connectivity index (χ0v) is 9.80. The van der Waals surface area contributed by atoms with Gasteiger partial charge in [0.05, 0.1) is 11.0 Å². The maximum Gasteiger partial charge on any atom is 0.336 e. The molecule has 0 radical (unpaired) electrons. The predicted molar refractivity (Wildman–Crippen MR) is 60.6 cm³/mol. The number of hydrogen-bond acceptors (Lipinski definition) is 2. The quantitative estimate of drug-likeness (QED) is 0.829. The first-order valence-corrected chi connectivity index (χ1v) is 5.73. The van der Waals surface area contributed by atoms with Gasteiger partial charge in [-0.3, -0.25) is 4.79 Å². The second-order valence-corrected chi connectivity index (χ2v) is 5.07. The van der Waals surface area contributed by atoms with E-state index in [2.05, 4.69) is 21.2 Å². The van der Waals surface area contributed by atoms with Crippen LogP contribution in [0, 0.1) is 0 Å². The zero-order chi connectivity index (χ0) is 11.5. The molecule has 4 nitrogen and oxygen atoms in total. The lowest BCUT2D eigenvalue weighted by molar-refractivity contribution is -0.117. The number of carboxylic acid groups (broad SMARTS) is 1. The average Bonchev–Trinajstić information content (AvgIpc) is 2.93. The third kappa shape index (κ3) is 1.09. The van der Waals surface area contributed by atoms with E-state index in [-0.39, 0.29) is 11.5 Å². The molecule has 1 spiro atoms. The van der Waals surface area contributed by atoms with Crippen molar-refractivity contribution in [3.05, 3.63) is 27.7 Å². The Bertz CT molecular complexity index is 534. The number of hydrogen-bond donors (Lipinski definition) is 2. The van der Waals surface area contributed by atoms with Gasteiger partial charge < -0.3 is 10.4 Å². The molecule has 16 heavy (non-hydrogen) atoms. The Labute approximate surface area is 99.8 Å². The van der Waals surface area contributed by atoms with Gasteiger partial charge in [-0.2, -0.15) is 0 Å². The highest BCUT2D eigenvalue weighted by Gasteiger charge is 2.56. The fourth-order valence-electron chi connectivity index (χ4n) is 2.22. The molecule has 1 heterocycles. The summed E-state index contributed by atoms with van der Waals surface area (Å²) >= 11 is 3.20. The molecule has 1 amide bonds. The van der Waals surface area contributed by atoms with E-state index in [4.69, 9.17) is 5.11 Å². The summed E-state index contributed by atoms with van der Waals surface area (Å²) in [6.45, 7) is 0. The molecule has 0 atom stereocenters. The molecule has 2 N–H and O–H groups in total. The van der Waals surface area contributed by atoms with Crippen molar-refractivity contribution in [2.45, 2.75) is 18.3 Å². The van der Waals surface area contributed by atoms with Crippen molar-refractivity contribution in [3.63, 3.8) is 0 Å². The van der Waals surface area contributed by atoms with Crippen LogP contribution in [0.25, 0.3) is 0 Å². The lowest BCUT2D eigenvalue weighted by Crippen LogP contribution is -2.18. The zero-order valence-electron chi connectivity index (χ0n) is 8.21. The van der Waals surface area contributed by atoms with Gasteiger partial charge in [-0.25, -0.2) is 4.79 Å². The number of carbonyl (C=O) groups is 2. The van der Waals surface area contributed by atoms with Crippen LogP contribution >= 0.6 is 15.9 Å². The first-order chi connectivity index (χ1) is 7.54. The number of nitrogens with one attached hydrogen (secondary N) is 1. The van der Waals surface area contributed by atoms with E-state index in [0.29, 0.717) is 4.47 Å². The SMILES string of the molecule is O=C(O)c1cc2c(cc1Br)NC(=O)C21CC1. The van der Waals surface area contributed by atoms with Gasteiger partial charge in [-0.15, -0.1) is 0 Å². The van der Waals surface area contributed by atoms with E-state index in [0.717, 1.165) is 24.1 Å². The Kier molecular flexibility index (Phi) is 1.75. The van der Waals surface area contributed by atoms with Crippen LogP contribution in [0.4, 0.5) is 5.69 Å². The van der Waals surface area contributed by atoms with Crippen LogP contribution in [-0.4, -0.2) is 17.0 Å². The van der Waals surface area contributed by atoms with Gasteiger partial charge in [-0.1, -0.05) is 0 Å².